The van der Waals surface area contributed by atoms with Gasteiger partial charge in [0.25, 0.3) is 5.78 Å². The fraction of sp³-hybridized carbons (Fsp3) is 0.179. The Balaban J connectivity index is 1.49. The molecule has 0 bridgehead atoms. The smallest absolute Gasteiger partial charge is 0.377 e. The van der Waals surface area contributed by atoms with E-state index < -0.39 is 11.8 Å². The third-order valence-corrected chi connectivity index (χ3v) is 5.94. The number of Topliss-reactive ketones (excluding diaryl/α,β-unsaturated/α-hetero) is 1. The molecular weight excluding hydrogens is 414 g/mol. The van der Waals surface area contributed by atoms with E-state index in [2.05, 4.69) is 11.4 Å². The predicted octanol–water partition coefficient (Wildman–Crippen LogP) is 4.97. The van der Waals surface area contributed by atoms with Crippen LogP contribution in [0.1, 0.15) is 57.9 Å². The quantitative estimate of drug-likeness (QED) is 0.383. The molecule has 0 aliphatic heterocycles. The SMILES string of the molecule is O=C(CCC1=CCCc2c(C(=O)C(=O)O)cccc21)NC(c1ccccc1)c1ccccc1. The highest BCUT2D eigenvalue weighted by Crippen LogP contribution is 2.32. The Bertz CT molecular complexity index is 1160. The first kappa shape index (κ1) is 22.2. The Labute approximate surface area is 192 Å². The number of aliphatic carboxylic acids is 1. The third kappa shape index (κ3) is 5.09. The lowest BCUT2D eigenvalue weighted by molar-refractivity contribution is -0.131. The van der Waals surface area contributed by atoms with E-state index in [1.807, 2.05) is 66.7 Å². The van der Waals surface area contributed by atoms with Crippen LogP contribution in [0.2, 0.25) is 0 Å². The number of carbonyl (C=O) groups is 3. The Morgan fingerprint density at radius 2 is 1.48 bits per heavy atom. The number of carboxylic acids is 1. The zero-order valence-corrected chi connectivity index (χ0v) is 18.2. The second kappa shape index (κ2) is 10.1. The molecule has 0 spiro atoms. The van der Waals surface area contributed by atoms with Gasteiger partial charge in [0, 0.05) is 12.0 Å². The number of carboxylic acid groups (broad SMARTS) is 1. The molecule has 0 fully saturated rings. The van der Waals surface area contributed by atoms with Gasteiger partial charge in [0.2, 0.25) is 5.91 Å². The largest absolute Gasteiger partial charge is 0.475 e. The fourth-order valence-electron chi connectivity index (χ4n) is 4.35. The lowest BCUT2D eigenvalue weighted by atomic mass is 9.84. The van der Waals surface area contributed by atoms with Crippen LogP contribution in [0.15, 0.2) is 84.9 Å². The zero-order valence-electron chi connectivity index (χ0n) is 18.2. The molecule has 1 amide bonds. The number of benzene rings is 3. The Kier molecular flexibility index (Phi) is 6.79. The summed E-state index contributed by atoms with van der Waals surface area (Å²) in [5, 5.41) is 12.3. The van der Waals surface area contributed by atoms with Crippen LogP contribution >= 0.6 is 0 Å². The number of fused-ring (bicyclic) bond motifs is 1. The summed E-state index contributed by atoms with van der Waals surface area (Å²) in [5.41, 5.74) is 4.86. The molecule has 4 rings (SSSR count). The van der Waals surface area contributed by atoms with Gasteiger partial charge in [0.15, 0.2) is 0 Å². The molecule has 0 aromatic heterocycles. The van der Waals surface area contributed by atoms with Gasteiger partial charge in [-0.05, 0) is 47.1 Å². The molecule has 5 heteroatoms. The van der Waals surface area contributed by atoms with Crippen molar-refractivity contribution in [2.24, 2.45) is 0 Å². The topological polar surface area (TPSA) is 83.5 Å². The molecule has 3 aromatic rings. The standard InChI is InChI=1S/C28H25NO4/c30-25(29-26(20-9-3-1-4-10-20)21-11-5-2-6-12-21)18-17-19-13-7-15-23-22(19)14-8-16-24(23)27(31)28(32)33/h1-6,8-14,16,26H,7,15,17-18H2,(H,29,30)(H,32,33). The van der Waals surface area contributed by atoms with Crippen molar-refractivity contribution in [2.45, 2.75) is 31.7 Å². The number of hydrogen-bond acceptors (Lipinski definition) is 3. The van der Waals surface area contributed by atoms with Gasteiger partial charge in [0.1, 0.15) is 0 Å². The molecular formula is C28H25NO4. The first-order valence-corrected chi connectivity index (χ1v) is 11.0. The number of hydrogen-bond donors (Lipinski definition) is 2. The summed E-state index contributed by atoms with van der Waals surface area (Å²) in [7, 11) is 0. The number of carbonyl (C=O) groups excluding carboxylic acids is 2. The minimum atomic E-state index is -1.45. The van der Waals surface area contributed by atoms with E-state index in [9.17, 15) is 14.4 Å². The van der Waals surface area contributed by atoms with E-state index in [4.69, 9.17) is 5.11 Å². The first-order valence-electron chi connectivity index (χ1n) is 11.0. The molecule has 2 N–H and O–H groups in total. The molecule has 0 saturated carbocycles. The van der Waals surface area contributed by atoms with Crippen molar-refractivity contribution in [1.29, 1.82) is 0 Å². The third-order valence-electron chi connectivity index (χ3n) is 5.94. The Morgan fingerprint density at radius 1 is 0.848 bits per heavy atom. The maximum Gasteiger partial charge on any atom is 0.377 e. The van der Waals surface area contributed by atoms with Gasteiger partial charge in [-0.1, -0.05) is 84.9 Å². The van der Waals surface area contributed by atoms with Crippen molar-refractivity contribution in [3.8, 4) is 0 Å². The number of allylic oxidation sites excluding steroid dienone is 2. The predicted molar refractivity (Wildman–Crippen MR) is 127 cm³/mol. The van der Waals surface area contributed by atoms with Crippen molar-refractivity contribution < 1.29 is 19.5 Å². The normalized spacial score (nSPS) is 12.6. The molecule has 3 aromatic carbocycles. The molecule has 0 saturated heterocycles. The van der Waals surface area contributed by atoms with Crippen LogP contribution < -0.4 is 5.32 Å². The van der Waals surface area contributed by atoms with Gasteiger partial charge in [-0.25, -0.2) is 4.79 Å². The van der Waals surface area contributed by atoms with E-state index in [-0.39, 0.29) is 17.5 Å². The van der Waals surface area contributed by atoms with Crippen LogP contribution in [0.3, 0.4) is 0 Å². The lowest BCUT2D eigenvalue weighted by Crippen LogP contribution is -2.29. The summed E-state index contributed by atoms with van der Waals surface area (Å²) < 4.78 is 0. The molecule has 0 heterocycles. The highest BCUT2D eigenvalue weighted by Gasteiger charge is 2.24. The molecule has 0 radical (unpaired) electrons. The van der Waals surface area contributed by atoms with Crippen LogP contribution in [-0.2, 0) is 16.0 Å². The summed E-state index contributed by atoms with van der Waals surface area (Å²) in [6.07, 6.45) is 4.21. The van der Waals surface area contributed by atoms with Crippen molar-refractivity contribution in [3.63, 3.8) is 0 Å². The monoisotopic (exact) mass is 439 g/mol. The second-order valence-electron chi connectivity index (χ2n) is 8.06. The van der Waals surface area contributed by atoms with E-state index in [1.54, 1.807) is 12.1 Å². The first-order chi connectivity index (χ1) is 16.0. The Hall–Kier alpha value is -3.99. The van der Waals surface area contributed by atoms with Gasteiger partial charge in [0.05, 0.1) is 6.04 Å². The maximum absolute atomic E-state index is 12.9. The van der Waals surface area contributed by atoms with Crippen molar-refractivity contribution >= 4 is 23.2 Å². The molecule has 0 atom stereocenters. The summed E-state index contributed by atoms with van der Waals surface area (Å²) in [4.78, 5) is 36.2. The van der Waals surface area contributed by atoms with Crippen molar-refractivity contribution in [2.75, 3.05) is 0 Å². The fourth-order valence-corrected chi connectivity index (χ4v) is 4.35. The highest BCUT2D eigenvalue weighted by molar-refractivity contribution is 6.40. The second-order valence-corrected chi connectivity index (χ2v) is 8.06. The summed E-state index contributed by atoms with van der Waals surface area (Å²) in [6, 6.07) is 24.6. The zero-order chi connectivity index (χ0) is 23.2. The van der Waals surface area contributed by atoms with Gasteiger partial charge in [-0.3, -0.25) is 9.59 Å². The maximum atomic E-state index is 12.9. The molecule has 0 unspecified atom stereocenters. The minimum Gasteiger partial charge on any atom is -0.475 e. The lowest BCUT2D eigenvalue weighted by Gasteiger charge is -2.22. The van der Waals surface area contributed by atoms with Crippen LogP contribution in [0.4, 0.5) is 0 Å². The van der Waals surface area contributed by atoms with Gasteiger partial charge >= 0.3 is 5.97 Å². The number of nitrogens with one attached hydrogen (secondary N) is 1. The van der Waals surface area contributed by atoms with E-state index >= 15 is 0 Å². The molecule has 166 valence electrons. The van der Waals surface area contributed by atoms with Crippen molar-refractivity contribution in [1.82, 2.24) is 5.32 Å². The van der Waals surface area contributed by atoms with Gasteiger partial charge in [-0.2, -0.15) is 0 Å². The van der Waals surface area contributed by atoms with E-state index in [0.717, 1.165) is 27.8 Å². The van der Waals surface area contributed by atoms with Gasteiger partial charge < -0.3 is 10.4 Å². The highest BCUT2D eigenvalue weighted by atomic mass is 16.4. The molecule has 5 nitrogen and oxygen atoms in total. The molecule has 1 aliphatic carbocycles. The van der Waals surface area contributed by atoms with E-state index in [0.29, 0.717) is 25.7 Å². The summed E-state index contributed by atoms with van der Waals surface area (Å²) in [5.74, 6) is -2.41. The van der Waals surface area contributed by atoms with Crippen molar-refractivity contribution in [3.05, 3.63) is 113 Å². The van der Waals surface area contributed by atoms with Crippen LogP contribution in [0.5, 0.6) is 0 Å². The van der Waals surface area contributed by atoms with Crippen LogP contribution in [-0.4, -0.2) is 22.8 Å². The molecule has 1 aliphatic rings. The average Bonchev–Trinajstić information content (AvgIpc) is 2.86. The number of rotatable bonds is 8. The summed E-state index contributed by atoms with van der Waals surface area (Å²) in [6.45, 7) is 0. The number of amides is 1. The summed E-state index contributed by atoms with van der Waals surface area (Å²) >= 11 is 0. The number of ketones is 1. The minimum absolute atomic E-state index is 0.0708. The van der Waals surface area contributed by atoms with Gasteiger partial charge in [-0.15, -0.1) is 0 Å². The molecule has 33 heavy (non-hydrogen) atoms. The van der Waals surface area contributed by atoms with Crippen LogP contribution in [0, 0.1) is 0 Å². The van der Waals surface area contributed by atoms with E-state index in [1.165, 1.54) is 0 Å². The average molecular weight is 440 g/mol. The Morgan fingerprint density at radius 3 is 2.09 bits per heavy atom. The van der Waals surface area contributed by atoms with Crippen LogP contribution in [0.25, 0.3) is 5.57 Å².